The minimum Gasteiger partial charge on any atom is -0.392 e. The number of morpholine rings is 1. The minimum atomic E-state index is -0.447. The Hall–Kier alpha value is -0.610. The molecule has 0 aromatic rings. The van der Waals surface area contributed by atoms with Crippen LogP contribution >= 0.6 is 0 Å². The van der Waals surface area contributed by atoms with E-state index in [1.807, 2.05) is 0 Å². The molecule has 1 rings (SSSR count). The average Bonchev–Trinajstić information content (AvgIpc) is 1.93. The standard InChI is InChI=1S/C7H13NO3/c1-6(9)4-8-2-3-11-5-7(8)10/h6,9H,2-5H2,1H3. The summed E-state index contributed by atoms with van der Waals surface area (Å²) in [6.45, 7) is 3.43. The molecular weight excluding hydrogens is 146 g/mol. The lowest BCUT2D eigenvalue weighted by Crippen LogP contribution is -2.44. The van der Waals surface area contributed by atoms with Crippen molar-refractivity contribution in [2.75, 3.05) is 26.3 Å². The Labute approximate surface area is 65.8 Å². The van der Waals surface area contributed by atoms with Crippen molar-refractivity contribution in [1.29, 1.82) is 0 Å². The molecule has 4 heteroatoms. The van der Waals surface area contributed by atoms with Crippen LogP contribution in [0.1, 0.15) is 6.92 Å². The molecule has 0 aliphatic carbocycles. The molecule has 64 valence electrons. The Balaban J connectivity index is 2.36. The maximum absolute atomic E-state index is 11.0. The van der Waals surface area contributed by atoms with Crippen molar-refractivity contribution < 1.29 is 14.6 Å². The Morgan fingerprint density at radius 3 is 3.09 bits per heavy atom. The molecule has 0 radical (unpaired) electrons. The third kappa shape index (κ3) is 2.48. The molecule has 0 spiro atoms. The van der Waals surface area contributed by atoms with Gasteiger partial charge in [0.05, 0.1) is 12.7 Å². The van der Waals surface area contributed by atoms with Crippen LogP contribution in [-0.2, 0) is 9.53 Å². The SMILES string of the molecule is CC(O)CN1CCOCC1=O. The van der Waals surface area contributed by atoms with Gasteiger partial charge >= 0.3 is 0 Å². The fourth-order valence-electron chi connectivity index (χ4n) is 1.06. The summed E-state index contributed by atoms with van der Waals surface area (Å²) < 4.78 is 4.92. The van der Waals surface area contributed by atoms with Crippen molar-refractivity contribution >= 4 is 5.91 Å². The van der Waals surface area contributed by atoms with Crippen molar-refractivity contribution in [3.05, 3.63) is 0 Å². The van der Waals surface area contributed by atoms with Gasteiger partial charge in [-0.2, -0.15) is 0 Å². The number of carbonyl (C=O) groups is 1. The van der Waals surface area contributed by atoms with E-state index in [-0.39, 0.29) is 12.5 Å². The van der Waals surface area contributed by atoms with Crippen LogP contribution in [0.4, 0.5) is 0 Å². The highest BCUT2D eigenvalue weighted by molar-refractivity contribution is 5.77. The largest absolute Gasteiger partial charge is 0.392 e. The smallest absolute Gasteiger partial charge is 0.248 e. The number of ether oxygens (including phenoxy) is 1. The van der Waals surface area contributed by atoms with E-state index >= 15 is 0 Å². The zero-order valence-electron chi connectivity index (χ0n) is 6.62. The van der Waals surface area contributed by atoms with E-state index in [1.165, 1.54) is 0 Å². The predicted octanol–water partition coefficient (Wildman–Crippen LogP) is -0.774. The molecule has 1 fully saturated rings. The summed E-state index contributed by atoms with van der Waals surface area (Å²) >= 11 is 0. The first-order valence-electron chi connectivity index (χ1n) is 3.73. The summed E-state index contributed by atoms with van der Waals surface area (Å²) in [5, 5.41) is 8.99. The molecular formula is C7H13NO3. The van der Waals surface area contributed by atoms with Gasteiger partial charge in [-0.25, -0.2) is 0 Å². The second-order valence-corrected chi connectivity index (χ2v) is 2.74. The second-order valence-electron chi connectivity index (χ2n) is 2.74. The van der Waals surface area contributed by atoms with Crippen LogP contribution in [0, 0.1) is 0 Å². The van der Waals surface area contributed by atoms with Gasteiger partial charge in [0.25, 0.3) is 0 Å². The number of rotatable bonds is 2. The summed E-state index contributed by atoms with van der Waals surface area (Å²) in [6, 6.07) is 0. The minimum absolute atomic E-state index is 0.0304. The van der Waals surface area contributed by atoms with E-state index in [4.69, 9.17) is 9.84 Å². The van der Waals surface area contributed by atoms with Crippen LogP contribution in [0.5, 0.6) is 0 Å². The van der Waals surface area contributed by atoms with Crippen LogP contribution in [0.3, 0.4) is 0 Å². The Morgan fingerprint density at radius 1 is 1.82 bits per heavy atom. The van der Waals surface area contributed by atoms with E-state index in [1.54, 1.807) is 11.8 Å². The van der Waals surface area contributed by atoms with Crippen LogP contribution in [0.25, 0.3) is 0 Å². The molecule has 1 saturated heterocycles. The molecule has 0 aromatic carbocycles. The maximum atomic E-state index is 11.0. The molecule has 1 unspecified atom stereocenters. The lowest BCUT2D eigenvalue weighted by atomic mass is 10.3. The number of aliphatic hydroxyl groups is 1. The molecule has 1 aliphatic rings. The van der Waals surface area contributed by atoms with Gasteiger partial charge < -0.3 is 14.7 Å². The third-order valence-electron chi connectivity index (χ3n) is 1.57. The van der Waals surface area contributed by atoms with Gasteiger partial charge in [-0.15, -0.1) is 0 Å². The number of aliphatic hydroxyl groups excluding tert-OH is 1. The van der Waals surface area contributed by atoms with E-state index in [2.05, 4.69) is 0 Å². The Morgan fingerprint density at radius 2 is 2.55 bits per heavy atom. The van der Waals surface area contributed by atoms with Crippen molar-refractivity contribution in [3.8, 4) is 0 Å². The van der Waals surface area contributed by atoms with E-state index < -0.39 is 6.10 Å². The second kappa shape index (κ2) is 3.69. The number of hydrogen-bond donors (Lipinski definition) is 1. The van der Waals surface area contributed by atoms with Gasteiger partial charge in [0.15, 0.2) is 0 Å². The van der Waals surface area contributed by atoms with E-state index in [9.17, 15) is 4.79 Å². The molecule has 4 nitrogen and oxygen atoms in total. The van der Waals surface area contributed by atoms with E-state index in [0.29, 0.717) is 19.7 Å². The molecule has 1 N–H and O–H groups in total. The molecule has 1 heterocycles. The summed E-state index contributed by atoms with van der Waals surface area (Å²) in [5.74, 6) is -0.0304. The number of amides is 1. The third-order valence-corrected chi connectivity index (χ3v) is 1.57. The monoisotopic (exact) mass is 159 g/mol. The van der Waals surface area contributed by atoms with Crippen molar-refractivity contribution in [1.82, 2.24) is 4.90 Å². The zero-order chi connectivity index (χ0) is 8.27. The van der Waals surface area contributed by atoms with Crippen molar-refractivity contribution in [2.24, 2.45) is 0 Å². The Bertz CT molecular complexity index is 147. The topological polar surface area (TPSA) is 49.8 Å². The highest BCUT2D eigenvalue weighted by atomic mass is 16.5. The van der Waals surface area contributed by atoms with Crippen molar-refractivity contribution in [2.45, 2.75) is 13.0 Å². The lowest BCUT2D eigenvalue weighted by Gasteiger charge is -2.27. The van der Waals surface area contributed by atoms with E-state index in [0.717, 1.165) is 0 Å². The molecule has 1 amide bonds. The number of hydrogen-bond acceptors (Lipinski definition) is 3. The number of carbonyl (C=O) groups excluding carboxylic acids is 1. The first-order valence-corrected chi connectivity index (χ1v) is 3.73. The van der Waals surface area contributed by atoms with Gasteiger partial charge in [-0.1, -0.05) is 0 Å². The summed E-state index contributed by atoms with van der Waals surface area (Å²) in [7, 11) is 0. The Kier molecular flexibility index (Phi) is 2.84. The number of nitrogens with zero attached hydrogens (tertiary/aromatic N) is 1. The summed E-state index contributed by atoms with van der Waals surface area (Å²) in [5.41, 5.74) is 0. The predicted molar refractivity (Wildman–Crippen MR) is 39.1 cm³/mol. The highest BCUT2D eigenvalue weighted by Crippen LogP contribution is 1.99. The first kappa shape index (κ1) is 8.49. The maximum Gasteiger partial charge on any atom is 0.248 e. The highest BCUT2D eigenvalue weighted by Gasteiger charge is 2.19. The van der Waals surface area contributed by atoms with Gasteiger partial charge in [0, 0.05) is 13.1 Å². The van der Waals surface area contributed by atoms with Crippen LogP contribution in [-0.4, -0.2) is 48.3 Å². The number of β-amino-alcohol motifs (C(OH)–C–C–N with tert-alkyl or cyclic N) is 1. The molecule has 11 heavy (non-hydrogen) atoms. The van der Waals surface area contributed by atoms with Crippen molar-refractivity contribution in [3.63, 3.8) is 0 Å². The molecule has 1 atom stereocenters. The normalized spacial score (nSPS) is 22.0. The van der Waals surface area contributed by atoms with Gasteiger partial charge in [-0.05, 0) is 6.92 Å². The molecule has 1 aliphatic heterocycles. The summed E-state index contributed by atoms with van der Waals surface area (Å²) in [6.07, 6.45) is -0.447. The van der Waals surface area contributed by atoms with Crippen LogP contribution in [0.2, 0.25) is 0 Å². The van der Waals surface area contributed by atoms with Gasteiger partial charge in [0.1, 0.15) is 6.61 Å². The fourth-order valence-corrected chi connectivity index (χ4v) is 1.06. The lowest BCUT2D eigenvalue weighted by molar-refractivity contribution is -0.144. The quantitative estimate of drug-likeness (QED) is 0.575. The first-order chi connectivity index (χ1) is 5.20. The zero-order valence-corrected chi connectivity index (χ0v) is 6.62. The van der Waals surface area contributed by atoms with Gasteiger partial charge in [-0.3, -0.25) is 4.79 Å². The summed E-state index contributed by atoms with van der Waals surface area (Å²) in [4.78, 5) is 12.6. The average molecular weight is 159 g/mol. The molecule has 0 aromatic heterocycles. The van der Waals surface area contributed by atoms with Crippen LogP contribution in [0.15, 0.2) is 0 Å². The van der Waals surface area contributed by atoms with Crippen LogP contribution < -0.4 is 0 Å². The fraction of sp³-hybridized carbons (Fsp3) is 0.857. The molecule has 0 bridgehead atoms. The molecule has 0 saturated carbocycles. The van der Waals surface area contributed by atoms with Gasteiger partial charge in [0.2, 0.25) is 5.91 Å².